The first kappa shape index (κ1) is 16.9. The van der Waals surface area contributed by atoms with E-state index in [4.69, 9.17) is 9.26 Å². The number of aromatic nitrogens is 3. The number of hydrogen-bond donors (Lipinski definition) is 1. The maximum atomic E-state index is 12.4. The number of aryl methyl sites for hydroxylation is 2. The highest BCUT2D eigenvalue weighted by atomic mass is 16.5. The average molecular weight is 341 g/mol. The predicted molar refractivity (Wildman–Crippen MR) is 91.5 cm³/mol. The van der Waals surface area contributed by atoms with Crippen molar-refractivity contribution < 1.29 is 14.1 Å². The summed E-state index contributed by atoms with van der Waals surface area (Å²) in [6.45, 7) is 7.23. The minimum Gasteiger partial charge on any atom is -0.454 e. The number of carbonyl (C=O) groups is 1. The van der Waals surface area contributed by atoms with Crippen LogP contribution in [0.5, 0.6) is 0 Å². The van der Waals surface area contributed by atoms with Gasteiger partial charge in [0.25, 0.3) is 5.56 Å². The Morgan fingerprint density at radius 2 is 2.08 bits per heavy atom. The summed E-state index contributed by atoms with van der Waals surface area (Å²) < 4.78 is 10.5. The molecule has 130 valence electrons. The zero-order chi connectivity index (χ0) is 18.1. The molecule has 1 N–H and O–H groups in total. The van der Waals surface area contributed by atoms with Gasteiger partial charge < -0.3 is 14.2 Å². The number of aromatic amines is 1. The monoisotopic (exact) mass is 341 g/mol. The summed E-state index contributed by atoms with van der Waals surface area (Å²) in [5, 5.41) is 4.34. The van der Waals surface area contributed by atoms with Crippen LogP contribution in [0.1, 0.15) is 53.0 Å². The van der Waals surface area contributed by atoms with Crippen LogP contribution >= 0.6 is 0 Å². The summed E-state index contributed by atoms with van der Waals surface area (Å²) in [5.41, 5.74) is 2.03. The fourth-order valence-electron chi connectivity index (χ4n) is 2.66. The van der Waals surface area contributed by atoms with E-state index >= 15 is 0 Å². The van der Waals surface area contributed by atoms with Gasteiger partial charge in [-0.05, 0) is 25.5 Å². The minimum absolute atomic E-state index is 0.00463. The number of benzene rings is 1. The van der Waals surface area contributed by atoms with Crippen molar-refractivity contribution in [1.82, 2.24) is 15.1 Å². The van der Waals surface area contributed by atoms with Crippen molar-refractivity contribution in [3.05, 3.63) is 57.0 Å². The number of carbonyl (C=O) groups excluding carboxylic acids is 1. The molecule has 25 heavy (non-hydrogen) atoms. The smallest absolute Gasteiger partial charge is 0.344 e. The number of hydrogen-bond acceptors (Lipinski definition) is 6. The van der Waals surface area contributed by atoms with Crippen LogP contribution in [0, 0.1) is 13.8 Å². The van der Waals surface area contributed by atoms with Gasteiger partial charge in [-0.25, -0.2) is 9.78 Å². The Balaban J connectivity index is 1.86. The van der Waals surface area contributed by atoms with E-state index in [1.54, 1.807) is 19.1 Å². The van der Waals surface area contributed by atoms with Gasteiger partial charge in [-0.15, -0.1) is 0 Å². The number of rotatable bonds is 4. The topological polar surface area (TPSA) is 98.1 Å². The van der Waals surface area contributed by atoms with Crippen molar-refractivity contribution >= 4 is 16.9 Å². The molecule has 0 saturated heterocycles. The van der Waals surface area contributed by atoms with E-state index in [0.717, 1.165) is 5.56 Å². The van der Waals surface area contributed by atoms with E-state index < -0.39 is 5.97 Å². The summed E-state index contributed by atoms with van der Waals surface area (Å²) in [6.07, 6.45) is 0. The van der Waals surface area contributed by atoms with Crippen LogP contribution in [0.15, 0.2) is 27.5 Å². The Kier molecular flexibility index (Phi) is 4.39. The number of esters is 1. The zero-order valence-electron chi connectivity index (χ0n) is 14.5. The lowest BCUT2D eigenvalue weighted by molar-refractivity contribution is 0.0458. The standard InChI is InChI=1S/C18H19N3O4/c1-9(2)16-14(11(4)21-25-16)18(23)24-8-13-19-15-10(3)6-5-7-12(15)17(22)20-13/h5-7,9H,8H2,1-4H3,(H,19,20,22). The van der Waals surface area contributed by atoms with Crippen LogP contribution in [0.4, 0.5) is 0 Å². The summed E-state index contributed by atoms with van der Waals surface area (Å²) in [7, 11) is 0. The molecule has 0 radical (unpaired) electrons. The largest absolute Gasteiger partial charge is 0.454 e. The van der Waals surface area contributed by atoms with Gasteiger partial charge in [-0.3, -0.25) is 4.79 Å². The summed E-state index contributed by atoms with van der Waals surface area (Å²) in [5.74, 6) is 0.235. The molecular formula is C18H19N3O4. The van der Waals surface area contributed by atoms with Crippen LogP contribution < -0.4 is 5.56 Å². The van der Waals surface area contributed by atoms with Gasteiger partial charge in [0.1, 0.15) is 18.0 Å². The Labute approximate surface area is 144 Å². The van der Waals surface area contributed by atoms with Gasteiger partial charge in [0.2, 0.25) is 0 Å². The average Bonchev–Trinajstić information content (AvgIpc) is 2.95. The molecule has 0 amide bonds. The third-order valence-corrected chi connectivity index (χ3v) is 3.94. The normalized spacial score (nSPS) is 11.2. The lowest BCUT2D eigenvalue weighted by atomic mass is 10.1. The van der Waals surface area contributed by atoms with Crippen molar-refractivity contribution in [2.75, 3.05) is 0 Å². The second-order valence-corrected chi connectivity index (χ2v) is 6.22. The van der Waals surface area contributed by atoms with Gasteiger partial charge >= 0.3 is 5.97 Å². The van der Waals surface area contributed by atoms with Gasteiger partial charge in [0.05, 0.1) is 16.6 Å². The second kappa shape index (κ2) is 6.51. The molecule has 0 spiro atoms. The molecule has 0 saturated carbocycles. The first-order valence-corrected chi connectivity index (χ1v) is 8.00. The Morgan fingerprint density at radius 3 is 2.80 bits per heavy atom. The quantitative estimate of drug-likeness (QED) is 0.733. The van der Waals surface area contributed by atoms with Crippen molar-refractivity contribution in [3.8, 4) is 0 Å². The molecule has 3 aromatic rings. The number of fused-ring (bicyclic) bond motifs is 1. The van der Waals surface area contributed by atoms with E-state index in [1.165, 1.54) is 0 Å². The third kappa shape index (κ3) is 3.17. The van der Waals surface area contributed by atoms with E-state index in [2.05, 4.69) is 15.1 Å². The lowest BCUT2D eigenvalue weighted by Crippen LogP contribution is -2.15. The second-order valence-electron chi connectivity index (χ2n) is 6.22. The predicted octanol–water partition coefficient (Wildman–Crippen LogP) is 3.01. The summed E-state index contributed by atoms with van der Waals surface area (Å²) >= 11 is 0. The molecule has 0 fully saturated rings. The molecule has 2 heterocycles. The highest BCUT2D eigenvalue weighted by molar-refractivity contribution is 5.91. The highest BCUT2D eigenvalue weighted by Gasteiger charge is 2.24. The van der Waals surface area contributed by atoms with E-state index in [0.29, 0.717) is 33.7 Å². The molecule has 7 nitrogen and oxygen atoms in total. The number of para-hydroxylation sites is 1. The zero-order valence-corrected chi connectivity index (χ0v) is 14.5. The molecule has 0 bridgehead atoms. The molecule has 0 aliphatic heterocycles. The van der Waals surface area contributed by atoms with E-state index in [-0.39, 0.29) is 18.1 Å². The maximum Gasteiger partial charge on any atom is 0.344 e. The molecule has 3 rings (SSSR count). The van der Waals surface area contributed by atoms with Gasteiger partial charge in [-0.1, -0.05) is 31.1 Å². The maximum absolute atomic E-state index is 12.4. The van der Waals surface area contributed by atoms with Crippen LogP contribution in [0.3, 0.4) is 0 Å². The molecule has 7 heteroatoms. The van der Waals surface area contributed by atoms with Gasteiger partial charge in [0, 0.05) is 5.92 Å². The van der Waals surface area contributed by atoms with Crippen LogP contribution in [-0.2, 0) is 11.3 Å². The minimum atomic E-state index is -0.546. The first-order valence-electron chi connectivity index (χ1n) is 8.00. The van der Waals surface area contributed by atoms with Crippen molar-refractivity contribution in [2.24, 2.45) is 0 Å². The molecule has 1 aromatic carbocycles. The number of ether oxygens (including phenoxy) is 1. The fourth-order valence-corrected chi connectivity index (χ4v) is 2.66. The third-order valence-electron chi connectivity index (χ3n) is 3.94. The number of nitrogens with one attached hydrogen (secondary N) is 1. The van der Waals surface area contributed by atoms with Crippen LogP contribution in [0.25, 0.3) is 10.9 Å². The SMILES string of the molecule is Cc1noc(C(C)C)c1C(=O)OCc1nc2c(C)cccc2c(=O)[nH]1. The van der Waals surface area contributed by atoms with Crippen LogP contribution in [0.2, 0.25) is 0 Å². The molecule has 2 aromatic heterocycles. The Morgan fingerprint density at radius 1 is 1.32 bits per heavy atom. The molecular weight excluding hydrogens is 322 g/mol. The van der Waals surface area contributed by atoms with Gasteiger partial charge in [-0.2, -0.15) is 0 Å². The lowest BCUT2D eigenvalue weighted by Gasteiger charge is -2.07. The van der Waals surface area contributed by atoms with Crippen LogP contribution in [-0.4, -0.2) is 21.1 Å². The Bertz CT molecular complexity index is 1000. The van der Waals surface area contributed by atoms with E-state index in [1.807, 2.05) is 26.8 Å². The number of nitrogens with zero attached hydrogens (tertiary/aromatic N) is 2. The fraction of sp³-hybridized carbons (Fsp3) is 0.333. The molecule has 0 atom stereocenters. The highest BCUT2D eigenvalue weighted by Crippen LogP contribution is 2.23. The first-order chi connectivity index (χ1) is 11.9. The van der Waals surface area contributed by atoms with Crippen molar-refractivity contribution in [3.63, 3.8) is 0 Å². The molecule has 0 aliphatic carbocycles. The van der Waals surface area contributed by atoms with Crippen molar-refractivity contribution in [1.29, 1.82) is 0 Å². The van der Waals surface area contributed by atoms with Crippen molar-refractivity contribution in [2.45, 2.75) is 40.2 Å². The summed E-state index contributed by atoms with van der Waals surface area (Å²) in [4.78, 5) is 31.6. The Hall–Kier alpha value is -2.96. The van der Waals surface area contributed by atoms with Gasteiger partial charge in [0.15, 0.2) is 5.76 Å². The summed E-state index contributed by atoms with van der Waals surface area (Å²) in [6, 6.07) is 5.38. The number of H-pyrrole nitrogens is 1. The molecule has 0 unspecified atom stereocenters. The molecule has 0 aliphatic rings. The van der Waals surface area contributed by atoms with E-state index in [9.17, 15) is 9.59 Å².